The summed E-state index contributed by atoms with van der Waals surface area (Å²) in [7, 11) is 1.61. The van der Waals surface area contributed by atoms with E-state index in [1.165, 1.54) is 6.20 Å². The number of hydrogen-bond acceptors (Lipinski definition) is 5. The van der Waals surface area contributed by atoms with E-state index >= 15 is 0 Å². The number of ether oxygens (including phenoxy) is 1. The van der Waals surface area contributed by atoms with E-state index in [4.69, 9.17) is 27.3 Å². The van der Waals surface area contributed by atoms with E-state index in [0.717, 1.165) is 0 Å². The highest BCUT2D eigenvalue weighted by Gasteiger charge is 2.05. The lowest BCUT2D eigenvalue weighted by molar-refractivity contribution is 0.210. The molecule has 0 aliphatic carbocycles. The van der Waals surface area contributed by atoms with E-state index in [9.17, 15) is 0 Å². The molecule has 0 unspecified atom stereocenters. The van der Waals surface area contributed by atoms with Crippen LogP contribution in [0.4, 0.5) is 5.82 Å². The third-order valence-corrected chi connectivity index (χ3v) is 2.13. The number of methoxy groups -OCH3 is 1. The summed E-state index contributed by atoms with van der Waals surface area (Å²) in [5.74, 6) is 0.506. The van der Waals surface area contributed by atoms with Gasteiger partial charge in [0.2, 0.25) is 0 Å². The van der Waals surface area contributed by atoms with Crippen LogP contribution in [0.15, 0.2) is 17.4 Å². The van der Waals surface area contributed by atoms with Gasteiger partial charge in [0.25, 0.3) is 0 Å². The molecule has 1 rings (SSSR count). The Balaban J connectivity index is 2.75. The number of nitrogens with two attached hydrogens (primary N) is 1. The minimum atomic E-state index is -0.0298. The number of anilines is 1. The molecule has 0 bridgehead atoms. The number of nitrogens with one attached hydrogen (secondary N) is 1. The van der Waals surface area contributed by atoms with Gasteiger partial charge in [-0.25, -0.2) is 4.98 Å². The predicted octanol–water partition coefficient (Wildman–Crippen LogP) is 0.888. The molecule has 0 atom stereocenters. The Kier molecular flexibility index (Phi) is 4.81. The van der Waals surface area contributed by atoms with Crippen LogP contribution < -0.4 is 11.1 Å². The quantitative estimate of drug-likeness (QED) is 0.235. The van der Waals surface area contributed by atoms with Crippen molar-refractivity contribution in [3.8, 4) is 0 Å². The van der Waals surface area contributed by atoms with Gasteiger partial charge in [-0.15, -0.1) is 0 Å². The van der Waals surface area contributed by atoms with Gasteiger partial charge in [-0.2, -0.15) is 0 Å². The van der Waals surface area contributed by atoms with Gasteiger partial charge in [0, 0.05) is 25.4 Å². The van der Waals surface area contributed by atoms with Crippen molar-refractivity contribution in [2.75, 3.05) is 25.6 Å². The highest BCUT2D eigenvalue weighted by Crippen LogP contribution is 2.19. The number of pyridine rings is 1. The van der Waals surface area contributed by atoms with Crippen LogP contribution in [0.2, 0.25) is 5.02 Å². The fraction of sp³-hybridized carbons (Fsp3) is 0.333. The van der Waals surface area contributed by atoms with Gasteiger partial charge < -0.3 is 21.0 Å². The van der Waals surface area contributed by atoms with Crippen molar-refractivity contribution < 1.29 is 9.94 Å². The monoisotopic (exact) mass is 244 g/mol. The van der Waals surface area contributed by atoms with E-state index in [-0.39, 0.29) is 5.84 Å². The predicted molar refractivity (Wildman–Crippen MR) is 62.1 cm³/mol. The second kappa shape index (κ2) is 6.14. The number of oxime groups is 1. The summed E-state index contributed by atoms with van der Waals surface area (Å²) in [5, 5.41) is 14.7. The topological polar surface area (TPSA) is 92.8 Å². The summed E-state index contributed by atoms with van der Waals surface area (Å²) in [5.41, 5.74) is 5.86. The molecule has 0 amide bonds. The van der Waals surface area contributed by atoms with Gasteiger partial charge in [0.05, 0.1) is 11.6 Å². The third kappa shape index (κ3) is 3.25. The normalized spacial score (nSPS) is 11.5. The number of nitrogens with zero attached hydrogens (tertiary/aromatic N) is 2. The van der Waals surface area contributed by atoms with Crippen molar-refractivity contribution in [1.82, 2.24) is 4.98 Å². The lowest BCUT2D eigenvalue weighted by Gasteiger charge is -2.07. The summed E-state index contributed by atoms with van der Waals surface area (Å²) in [6.45, 7) is 1.16. The third-order valence-electron chi connectivity index (χ3n) is 1.84. The second-order valence-electron chi connectivity index (χ2n) is 2.96. The van der Waals surface area contributed by atoms with E-state index in [1.54, 1.807) is 13.2 Å². The van der Waals surface area contributed by atoms with Gasteiger partial charge in [-0.3, -0.25) is 0 Å². The summed E-state index contributed by atoms with van der Waals surface area (Å²) in [6.07, 6.45) is 1.47. The molecule has 6 nitrogen and oxygen atoms in total. The van der Waals surface area contributed by atoms with E-state index < -0.39 is 0 Å². The number of amidine groups is 1. The first-order valence-corrected chi connectivity index (χ1v) is 4.93. The van der Waals surface area contributed by atoms with Gasteiger partial charge in [-0.05, 0) is 6.07 Å². The Hall–Kier alpha value is -1.53. The minimum absolute atomic E-state index is 0.0298. The minimum Gasteiger partial charge on any atom is -0.409 e. The van der Waals surface area contributed by atoms with Gasteiger partial charge >= 0.3 is 0 Å². The summed E-state index contributed by atoms with van der Waals surface area (Å²) < 4.78 is 4.88. The number of rotatable bonds is 5. The second-order valence-corrected chi connectivity index (χ2v) is 3.37. The first kappa shape index (κ1) is 12.5. The SMILES string of the molecule is COCCNc1ncc(C(N)=NO)cc1Cl. The van der Waals surface area contributed by atoms with Crippen LogP contribution in [0.1, 0.15) is 5.56 Å². The van der Waals surface area contributed by atoms with E-state index in [1.807, 2.05) is 0 Å². The molecule has 0 radical (unpaired) electrons. The molecular weight excluding hydrogens is 232 g/mol. The molecule has 0 fully saturated rings. The van der Waals surface area contributed by atoms with Gasteiger partial charge in [-0.1, -0.05) is 16.8 Å². The van der Waals surface area contributed by atoms with Crippen molar-refractivity contribution in [3.63, 3.8) is 0 Å². The Morgan fingerprint density at radius 3 is 3.06 bits per heavy atom. The Morgan fingerprint density at radius 2 is 2.50 bits per heavy atom. The summed E-state index contributed by atoms with van der Waals surface area (Å²) >= 11 is 5.95. The molecule has 1 aromatic heterocycles. The molecule has 7 heteroatoms. The molecule has 0 spiro atoms. The van der Waals surface area contributed by atoms with Crippen LogP contribution in [-0.2, 0) is 4.74 Å². The van der Waals surface area contributed by atoms with Crippen LogP contribution >= 0.6 is 11.6 Å². The molecule has 1 heterocycles. The lowest BCUT2D eigenvalue weighted by Crippen LogP contribution is -2.14. The largest absolute Gasteiger partial charge is 0.409 e. The summed E-state index contributed by atoms with van der Waals surface area (Å²) in [4.78, 5) is 4.05. The van der Waals surface area contributed by atoms with Gasteiger partial charge in [0.1, 0.15) is 5.82 Å². The Bertz CT molecular complexity index is 384. The molecule has 88 valence electrons. The average Bonchev–Trinajstić information content (AvgIpc) is 2.30. The molecule has 0 saturated carbocycles. The fourth-order valence-corrected chi connectivity index (χ4v) is 1.27. The zero-order valence-electron chi connectivity index (χ0n) is 8.77. The Labute approximate surface area is 98.1 Å². The maximum atomic E-state index is 8.48. The van der Waals surface area contributed by atoms with Crippen LogP contribution in [0.3, 0.4) is 0 Å². The summed E-state index contributed by atoms with van der Waals surface area (Å²) in [6, 6.07) is 1.57. The number of hydrogen-bond donors (Lipinski definition) is 3. The number of halogens is 1. The average molecular weight is 245 g/mol. The number of aromatic nitrogens is 1. The van der Waals surface area contributed by atoms with Crippen molar-refractivity contribution in [3.05, 3.63) is 22.8 Å². The van der Waals surface area contributed by atoms with Crippen molar-refractivity contribution in [1.29, 1.82) is 0 Å². The molecular formula is C9H13ClN4O2. The standard InChI is InChI=1S/C9H13ClN4O2/c1-16-3-2-12-9-7(10)4-6(5-13-9)8(11)14-15/h4-5,15H,2-3H2,1H3,(H2,11,14)(H,12,13). The molecule has 0 saturated heterocycles. The molecule has 4 N–H and O–H groups in total. The highest BCUT2D eigenvalue weighted by atomic mass is 35.5. The van der Waals surface area contributed by atoms with Crippen LogP contribution in [0.25, 0.3) is 0 Å². The van der Waals surface area contributed by atoms with Crippen molar-refractivity contribution in [2.45, 2.75) is 0 Å². The van der Waals surface area contributed by atoms with Crippen LogP contribution in [0.5, 0.6) is 0 Å². The highest BCUT2D eigenvalue weighted by molar-refractivity contribution is 6.33. The van der Waals surface area contributed by atoms with Crippen molar-refractivity contribution >= 4 is 23.3 Å². The van der Waals surface area contributed by atoms with Crippen LogP contribution in [0, 0.1) is 0 Å². The maximum Gasteiger partial charge on any atom is 0.171 e. The molecule has 0 aliphatic rings. The zero-order valence-corrected chi connectivity index (χ0v) is 9.53. The van der Waals surface area contributed by atoms with Crippen LogP contribution in [-0.4, -0.2) is 36.3 Å². The first-order chi connectivity index (χ1) is 7.69. The maximum absolute atomic E-state index is 8.48. The zero-order chi connectivity index (χ0) is 12.0. The Morgan fingerprint density at radius 1 is 1.75 bits per heavy atom. The molecule has 16 heavy (non-hydrogen) atoms. The molecule has 0 aromatic carbocycles. The van der Waals surface area contributed by atoms with Crippen molar-refractivity contribution in [2.24, 2.45) is 10.9 Å². The molecule has 0 aliphatic heterocycles. The van der Waals surface area contributed by atoms with E-state index in [0.29, 0.717) is 29.6 Å². The smallest absolute Gasteiger partial charge is 0.171 e. The lowest BCUT2D eigenvalue weighted by atomic mass is 10.2. The fourth-order valence-electron chi connectivity index (χ4n) is 1.04. The first-order valence-electron chi connectivity index (χ1n) is 4.55. The van der Waals surface area contributed by atoms with E-state index in [2.05, 4.69) is 15.5 Å². The molecule has 1 aromatic rings. The van der Waals surface area contributed by atoms with Gasteiger partial charge in [0.15, 0.2) is 5.84 Å².